The zero-order chi connectivity index (χ0) is 45.3. The quantitative estimate of drug-likeness (QED) is 0.102. The molecule has 0 radical (unpaired) electrons. The van der Waals surface area contributed by atoms with E-state index in [2.05, 4.69) is 0 Å². The first kappa shape index (κ1) is 57.5. The molecular formula is C44H24N2Na4O12S4Se2. The summed E-state index contributed by atoms with van der Waals surface area (Å²) in [4.78, 5) is 8.54. The summed E-state index contributed by atoms with van der Waals surface area (Å²) in [6, 6.07) is 29.4. The van der Waals surface area contributed by atoms with Crippen LogP contribution in [0.15, 0.2) is 141 Å². The minimum absolute atomic E-state index is 0. The fourth-order valence-electron chi connectivity index (χ4n) is 7.31. The van der Waals surface area contributed by atoms with Gasteiger partial charge in [0.2, 0.25) is 0 Å². The van der Waals surface area contributed by atoms with E-state index in [0.29, 0.717) is 67.3 Å². The maximum absolute atomic E-state index is 11.9. The van der Waals surface area contributed by atoms with Crippen molar-refractivity contribution >= 4 is 111 Å². The van der Waals surface area contributed by atoms with Gasteiger partial charge in [-0.3, -0.25) is 0 Å². The Kier molecular flexibility index (Phi) is 18.9. The van der Waals surface area contributed by atoms with E-state index in [9.17, 15) is 51.9 Å². The van der Waals surface area contributed by atoms with Crippen molar-refractivity contribution < 1.29 is 170 Å². The Balaban J connectivity index is 0.00000216. The van der Waals surface area contributed by atoms with E-state index in [1.807, 2.05) is 24.3 Å². The number of aromatic nitrogens is 2. The van der Waals surface area contributed by atoms with E-state index in [-0.39, 0.29) is 118 Å². The maximum atomic E-state index is 11.9. The molecule has 24 heteroatoms. The Hall–Kier alpha value is -1.44. The van der Waals surface area contributed by atoms with Gasteiger partial charge in [-0.25, -0.2) is 0 Å². The maximum Gasteiger partial charge on any atom is 1.00 e. The Bertz CT molecular complexity index is 3320. The van der Waals surface area contributed by atoms with Gasteiger partial charge in [-0.2, -0.15) is 0 Å². The van der Waals surface area contributed by atoms with Crippen molar-refractivity contribution in [3.8, 4) is 44.5 Å². The van der Waals surface area contributed by atoms with Crippen LogP contribution in [0.5, 0.6) is 0 Å². The van der Waals surface area contributed by atoms with Crippen LogP contribution in [-0.4, -0.2) is 90.9 Å². The van der Waals surface area contributed by atoms with Gasteiger partial charge >= 0.3 is 499 Å². The van der Waals surface area contributed by atoms with Gasteiger partial charge in [0.1, 0.15) is 0 Å². The van der Waals surface area contributed by atoms with Crippen LogP contribution in [0, 0.1) is 0 Å². The number of fused-ring (bicyclic) bond motifs is 8. The van der Waals surface area contributed by atoms with E-state index in [1.54, 1.807) is 24.3 Å². The van der Waals surface area contributed by atoms with Crippen molar-refractivity contribution in [1.29, 1.82) is 0 Å². The van der Waals surface area contributed by atoms with Crippen LogP contribution in [-0.2, 0) is 40.5 Å². The number of hydrogen-bond donors (Lipinski definition) is 0. The van der Waals surface area contributed by atoms with Crippen LogP contribution >= 0.6 is 0 Å². The second kappa shape index (κ2) is 22.4. The SMILES string of the molecule is O=S(=O)([O-])c1ccc(-c2c3nc(c(-c4ccc(S(=O)(=O)[O-])cc4)c4ccc([se]4)c(-c4ccc(S(=O)(=O)[O-])cc4)c4nc(c(-c5ccc(S(=O)(=O)[O-])cc5)c5ccc2[se]5)C=C4)C=C3)cc1.[Na+].[Na+].[Na+].[Na+]. The molecule has 0 fully saturated rings. The molecule has 7 aromatic rings. The molecular weight excluding hydrogens is 1130 g/mol. The smallest absolute Gasteiger partial charge is 1.00 e. The average Bonchev–Trinajstić information content (AvgIpc) is 4.08. The average molecular weight is 1150 g/mol. The van der Waals surface area contributed by atoms with E-state index >= 15 is 0 Å². The van der Waals surface area contributed by atoms with E-state index < -0.39 is 89.1 Å². The van der Waals surface area contributed by atoms with Gasteiger partial charge in [0.15, 0.2) is 0 Å². The van der Waals surface area contributed by atoms with Gasteiger partial charge in [-0.15, -0.1) is 0 Å². The van der Waals surface area contributed by atoms with Crippen molar-refractivity contribution in [2.45, 2.75) is 19.6 Å². The Labute approximate surface area is 491 Å². The predicted octanol–water partition coefficient (Wildman–Crippen LogP) is -5.59. The van der Waals surface area contributed by atoms with Crippen LogP contribution in [0.25, 0.3) is 85.9 Å². The zero-order valence-electron chi connectivity index (χ0n) is 36.1. The Morgan fingerprint density at radius 2 is 0.471 bits per heavy atom. The molecule has 5 heterocycles. The largest absolute Gasteiger partial charge is 1.00 e. The molecule has 0 amide bonds. The summed E-state index contributed by atoms with van der Waals surface area (Å²) >= 11 is -1.11. The molecule has 9 rings (SSSR count). The van der Waals surface area contributed by atoms with Crippen LogP contribution in [0.1, 0.15) is 22.8 Å². The summed E-state index contributed by atoms with van der Waals surface area (Å²) in [6.07, 6.45) is 7.13. The third-order valence-electron chi connectivity index (χ3n) is 10.2. The van der Waals surface area contributed by atoms with Crippen molar-refractivity contribution in [3.63, 3.8) is 0 Å². The molecule has 2 aliphatic heterocycles. The number of nitrogens with zero attached hydrogens (tertiary/aromatic N) is 2. The molecule has 2 aliphatic rings. The molecule has 3 aromatic heterocycles. The number of benzene rings is 4. The third kappa shape index (κ3) is 12.1. The second-order valence-electron chi connectivity index (χ2n) is 14.2. The number of rotatable bonds is 8. The summed E-state index contributed by atoms with van der Waals surface area (Å²) in [6.45, 7) is 0. The zero-order valence-corrected chi connectivity index (χ0v) is 50.8. The molecule has 0 aliphatic carbocycles. The summed E-state index contributed by atoms with van der Waals surface area (Å²) in [5, 5.41) is 0. The predicted molar refractivity (Wildman–Crippen MR) is 238 cm³/mol. The van der Waals surface area contributed by atoms with Gasteiger partial charge in [-0.05, 0) is 0 Å². The molecule has 0 N–H and O–H groups in total. The summed E-state index contributed by atoms with van der Waals surface area (Å²) < 4.78 is 146. The molecule has 8 bridgehead atoms. The molecule has 0 saturated carbocycles. The van der Waals surface area contributed by atoms with Crippen LogP contribution in [0.3, 0.4) is 0 Å². The van der Waals surface area contributed by atoms with Crippen molar-refractivity contribution in [2.75, 3.05) is 0 Å². The van der Waals surface area contributed by atoms with Gasteiger partial charge in [0.05, 0.1) is 0 Å². The van der Waals surface area contributed by atoms with E-state index in [0.717, 1.165) is 17.0 Å². The normalized spacial score (nSPS) is 12.3. The summed E-state index contributed by atoms with van der Waals surface area (Å²) in [5.41, 5.74) is 6.48. The minimum Gasteiger partial charge on any atom is 1.00 e. The molecule has 322 valence electrons. The molecule has 68 heavy (non-hydrogen) atoms. The molecule has 0 atom stereocenters. The van der Waals surface area contributed by atoms with Crippen molar-refractivity contribution in [1.82, 2.24) is 9.97 Å². The molecule has 0 unspecified atom stereocenters. The summed E-state index contributed by atoms with van der Waals surface area (Å²) in [5.74, 6) is 0. The molecule has 0 spiro atoms. The third-order valence-corrected chi connectivity index (χ3v) is 18.3. The fraction of sp³-hybridized carbons (Fsp3) is 0. The summed E-state index contributed by atoms with van der Waals surface area (Å²) in [7, 11) is -19.1. The van der Waals surface area contributed by atoms with Crippen LogP contribution in [0.2, 0.25) is 0 Å². The monoisotopic (exact) mass is 1150 g/mol. The Morgan fingerprint density at radius 1 is 0.294 bits per heavy atom. The first-order chi connectivity index (χ1) is 30.2. The van der Waals surface area contributed by atoms with E-state index in [4.69, 9.17) is 9.97 Å². The molecule has 0 saturated heterocycles. The van der Waals surface area contributed by atoms with Gasteiger partial charge < -0.3 is 0 Å². The first-order valence-corrected chi connectivity index (χ1v) is 27.5. The molecule has 14 nitrogen and oxygen atoms in total. The first-order valence-electron chi connectivity index (χ1n) is 18.5. The molecule has 4 aromatic carbocycles. The van der Waals surface area contributed by atoms with Crippen LogP contribution < -0.4 is 118 Å². The topological polar surface area (TPSA) is 255 Å². The second-order valence-corrected chi connectivity index (χ2v) is 24.2. The van der Waals surface area contributed by atoms with Crippen molar-refractivity contribution in [3.05, 3.63) is 144 Å². The van der Waals surface area contributed by atoms with Crippen molar-refractivity contribution in [2.24, 2.45) is 0 Å². The number of hydrogen-bond acceptors (Lipinski definition) is 14. The van der Waals surface area contributed by atoms with E-state index in [1.165, 1.54) is 97.1 Å². The van der Waals surface area contributed by atoms with Crippen LogP contribution in [0.4, 0.5) is 0 Å². The fourth-order valence-corrected chi connectivity index (χ4v) is 14.1. The van der Waals surface area contributed by atoms with Gasteiger partial charge in [-0.1, -0.05) is 0 Å². The van der Waals surface area contributed by atoms with Gasteiger partial charge in [0, 0.05) is 0 Å². The Morgan fingerprint density at radius 3 is 0.632 bits per heavy atom. The van der Waals surface area contributed by atoms with Gasteiger partial charge in [0.25, 0.3) is 0 Å². The standard InChI is InChI=1S/C44H28N2O12S4Se2.4Na/c47-59(48,49)29-9-1-25(2-10-29)41-33-17-18-34(45-33)42(26-3-11-30(12-4-26)60(50,51)52)39-23-24-40(64-39)44(28-7-15-32(16-8-28)62(56,57)58)36-20-19-35(46-36)43(38-22-21-37(41)63-38)27-5-13-31(14-6-27)61(53,54)55;;;;/h1-24H,(H,47,48,49)(H,50,51,52)(H,53,54,55)(H,56,57,58);;;;/q;4*+1/p-4. The minimum atomic E-state index is -4.78.